The number of halogens is 1. The number of nitrogens with one attached hydrogen (secondary N) is 1. The van der Waals surface area contributed by atoms with E-state index in [2.05, 4.69) is 20.3 Å². The molecule has 24 heavy (non-hydrogen) atoms. The van der Waals surface area contributed by atoms with Crippen molar-refractivity contribution in [2.45, 2.75) is 26.2 Å². The highest BCUT2D eigenvalue weighted by molar-refractivity contribution is 6.30. The molecule has 128 valence electrons. The second kappa shape index (κ2) is 7.77. The lowest BCUT2D eigenvalue weighted by Gasteiger charge is -2.26. The molecule has 0 unspecified atom stereocenters. The van der Waals surface area contributed by atoms with Crippen molar-refractivity contribution in [1.82, 2.24) is 25.0 Å². The Balaban J connectivity index is 1.59. The topological polar surface area (TPSA) is 63.1 Å². The molecule has 0 radical (unpaired) electrons. The Bertz CT molecular complexity index is 692. The van der Waals surface area contributed by atoms with E-state index in [1.54, 1.807) is 16.8 Å². The second-order valence-electron chi connectivity index (χ2n) is 6.03. The molecule has 1 saturated heterocycles. The van der Waals surface area contributed by atoms with Gasteiger partial charge in [0.1, 0.15) is 5.82 Å². The average Bonchev–Trinajstić information content (AvgIpc) is 2.98. The molecule has 3 rings (SSSR count). The van der Waals surface area contributed by atoms with Crippen LogP contribution in [0.25, 0.3) is 5.69 Å². The number of aryl methyl sites for hydroxylation is 1. The second-order valence-corrected chi connectivity index (χ2v) is 6.47. The van der Waals surface area contributed by atoms with E-state index in [4.69, 9.17) is 11.6 Å². The van der Waals surface area contributed by atoms with Gasteiger partial charge in [-0.25, -0.2) is 9.67 Å². The molecule has 6 nitrogen and oxygen atoms in total. The summed E-state index contributed by atoms with van der Waals surface area (Å²) in [5.74, 6) is 0.627. The SMILES string of the molecule is Cc1nc(C(=O)NCCN2CCCCC2)nn1-c1ccc(Cl)cc1. The van der Waals surface area contributed by atoms with Gasteiger partial charge in [0.25, 0.3) is 5.91 Å². The normalized spacial score (nSPS) is 15.4. The summed E-state index contributed by atoms with van der Waals surface area (Å²) in [6.45, 7) is 5.57. The molecule has 0 bridgehead atoms. The zero-order valence-electron chi connectivity index (χ0n) is 13.8. The molecule has 1 aromatic heterocycles. The van der Waals surface area contributed by atoms with Crippen molar-refractivity contribution in [3.63, 3.8) is 0 Å². The van der Waals surface area contributed by atoms with E-state index < -0.39 is 0 Å². The Morgan fingerprint density at radius 2 is 1.92 bits per heavy atom. The van der Waals surface area contributed by atoms with Gasteiger partial charge in [-0.3, -0.25) is 4.79 Å². The van der Waals surface area contributed by atoms with Gasteiger partial charge in [-0.2, -0.15) is 0 Å². The molecule has 1 amide bonds. The Morgan fingerprint density at radius 3 is 2.62 bits per heavy atom. The molecule has 1 aliphatic rings. The lowest BCUT2D eigenvalue weighted by atomic mass is 10.1. The quantitative estimate of drug-likeness (QED) is 0.902. The summed E-state index contributed by atoms with van der Waals surface area (Å²) in [7, 11) is 0. The minimum atomic E-state index is -0.233. The monoisotopic (exact) mass is 347 g/mol. The first-order chi connectivity index (χ1) is 11.6. The third-order valence-electron chi connectivity index (χ3n) is 4.21. The van der Waals surface area contributed by atoms with Crippen LogP contribution < -0.4 is 5.32 Å². The molecule has 0 spiro atoms. The zero-order valence-corrected chi connectivity index (χ0v) is 14.6. The van der Waals surface area contributed by atoms with Crippen LogP contribution in [0.5, 0.6) is 0 Å². The zero-order chi connectivity index (χ0) is 16.9. The molecule has 1 aliphatic heterocycles. The molecule has 2 aromatic rings. The van der Waals surface area contributed by atoms with E-state index in [9.17, 15) is 4.79 Å². The first-order valence-electron chi connectivity index (χ1n) is 8.33. The summed E-state index contributed by atoms with van der Waals surface area (Å²) in [6.07, 6.45) is 3.81. The van der Waals surface area contributed by atoms with E-state index in [0.29, 0.717) is 17.4 Å². The highest BCUT2D eigenvalue weighted by Crippen LogP contribution is 2.14. The minimum absolute atomic E-state index is 0.195. The summed E-state index contributed by atoms with van der Waals surface area (Å²) < 4.78 is 1.65. The van der Waals surface area contributed by atoms with Crippen LogP contribution in [-0.2, 0) is 0 Å². The molecule has 1 fully saturated rings. The predicted molar refractivity (Wildman–Crippen MR) is 93.7 cm³/mol. The van der Waals surface area contributed by atoms with E-state index >= 15 is 0 Å². The van der Waals surface area contributed by atoms with Gasteiger partial charge < -0.3 is 10.2 Å². The number of benzene rings is 1. The van der Waals surface area contributed by atoms with Crippen LogP contribution in [0.3, 0.4) is 0 Å². The number of likely N-dealkylation sites (tertiary alicyclic amines) is 1. The number of hydrogen-bond donors (Lipinski definition) is 1. The van der Waals surface area contributed by atoms with Crippen molar-refractivity contribution >= 4 is 17.5 Å². The van der Waals surface area contributed by atoms with Crippen molar-refractivity contribution in [3.05, 3.63) is 40.9 Å². The van der Waals surface area contributed by atoms with Crippen molar-refractivity contribution in [2.75, 3.05) is 26.2 Å². The predicted octanol–water partition coefficient (Wildman–Crippen LogP) is 2.44. The van der Waals surface area contributed by atoms with Crippen molar-refractivity contribution in [2.24, 2.45) is 0 Å². The van der Waals surface area contributed by atoms with Crippen LogP contribution in [0, 0.1) is 6.92 Å². The maximum atomic E-state index is 12.2. The first-order valence-corrected chi connectivity index (χ1v) is 8.71. The van der Waals surface area contributed by atoms with Crippen molar-refractivity contribution < 1.29 is 4.79 Å². The smallest absolute Gasteiger partial charge is 0.291 e. The Hall–Kier alpha value is -1.92. The number of hydrogen-bond acceptors (Lipinski definition) is 4. The van der Waals surface area contributed by atoms with Gasteiger partial charge in [0.15, 0.2) is 0 Å². The van der Waals surface area contributed by atoms with Crippen molar-refractivity contribution in [1.29, 1.82) is 0 Å². The first kappa shape index (κ1) is 16.9. The number of piperidine rings is 1. The number of carbonyl (C=O) groups excluding carboxylic acids is 1. The Kier molecular flexibility index (Phi) is 5.48. The van der Waals surface area contributed by atoms with Gasteiger partial charge in [-0.15, -0.1) is 5.10 Å². The van der Waals surface area contributed by atoms with Gasteiger partial charge in [0.05, 0.1) is 5.69 Å². The summed E-state index contributed by atoms with van der Waals surface area (Å²) >= 11 is 5.90. The standard InChI is InChI=1S/C17H22ClN5O/c1-13-20-16(21-23(13)15-7-5-14(18)6-8-15)17(24)19-9-12-22-10-3-2-4-11-22/h5-8H,2-4,9-12H2,1H3,(H,19,24). The van der Waals surface area contributed by atoms with Crippen LogP contribution >= 0.6 is 11.6 Å². The number of aromatic nitrogens is 3. The lowest BCUT2D eigenvalue weighted by Crippen LogP contribution is -2.37. The van der Waals surface area contributed by atoms with Crippen LogP contribution in [0.2, 0.25) is 5.02 Å². The van der Waals surface area contributed by atoms with Gasteiger partial charge in [-0.1, -0.05) is 18.0 Å². The van der Waals surface area contributed by atoms with Crippen molar-refractivity contribution in [3.8, 4) is 5.69 Å². The molecule has 0 saturated carbocycles. The largest absolute Gasteiger partial charge is 0.348 e. The molecule has 1 aromatic carbocycles. The third-order valence-corrected chi connectivity index (χ3v) is 4.46. The van der Waals surface area contributed by atoms with Gasteiger partial charge in [0, 0.05) is 18.1 Å². The fourth-order valence-electron chi connectivity index (χ4n) is 2.90. The van der Waals surface area contributed by atoms with Crippen LogP contribution in [0.4, 0.5) is 0 Å². The van der Waals surface area contributed by atoms with E-state index in [-0.39, 0.29) is 11.7 Å². The number of carbonyl (C=O) groups is 1. The summed E-state index contributed by atoms with van der Waals surface area (Å²) in [4.78, 5) is 18.9. The highest BCUT2D eigenvalue weighted by atomic mass is 35.5. The molecule has 1 N–H and O–H groups in total. The molecular formula is C17H22ClN5O. The Morgan fingerprint density at radius 1 is 1.21 bits per heavy atom. The number of nitrogens with zero attached hydrogens (tertiary/aromatic N) is 4. The molecular weight excluding hydrogens is 326 g/mol. The molecule has 2 heterocycles. The fourth-order valence-corrected chi connectivity index (χ4v) is 3.03. The molecule has 7 heteroatoms. The van der Waals surface area contributed by atoms with Crippen LogP contribution in [0.1, 0.15) is 35.7 Å². The Labute approximate surface area is 146 Å². The maximum absolute atomic E-state index is 12.2. The van der Waals surface area contributed by atoms with Crippen LogP contribution in [0.15, 0.2) is 24.3 Å². The van der Waals surface area contributed by atoms with E-state index in [0.717, 1.165) is 25.3 Å². The van der Waals surface area contributed by atoms with Gasteiger partial charge in [-0.05, 0) is 57.1 Å². The average molecular weight is 348 g/mol. The van der Waals surface area contributed by atoms with Gasteiger partial charge >= 0.3 is 0 Å². The van der Waals surface area contributed by atoms with E-state index in [1.165, 1.54) is 19.3 Å². The number of amides is 1. The summed E-state index contributed by atoms with van der Waals surface area (Å²) in [5, 5.41) is 7.88. The van der Waals surface area contributed by atoms with E-state index in [1.807, 2.05) is 19.1 Å². The number of rotatable bonds is 5. The molecule has 0 aliphatic carbocycles. The fraction of sp³-hybridized carbons (Fsp3) is 0.471. The maximum Gasteiger partial charge on any atom is 0.291 e. The molecule has 0 atom stereocenters. The minimum Gasteiger partial charge on any atom is -0.348 e. The lowest BCUT2D eigenvalue weighted by molar-refractivity contribution is 0.0936. The van der Waals surface area contributed by atoms with Crippen LogP contribution in [-0.4, -0.2) is 51.8 Å². The highest BCUT2D eigenvalue weighted by Gasteiger charge is 2.16. The third kappa shape index (κ3) is 4.13. The summed E-state index contributed by atoms with van der Waals surface area (Å²) in [5.41, 5.74) is 0.830. The summed E-state index contributed by atoms with van der Waals surface area (Å²) in [6, 6.07) is 7.27. The van der Waals surface area contributed by atoms with Gasteiger partial charge in [0.2, 0.25) is 5.82 Å².